The number of carboxylic acid groups (broad SMARTS) is 1. The summed E-state index contributed by atoms with van der Waals surface area (Å²) in [5.74, 6) is -1.57. The molecule has 3 N–H and O–H groups in total. The van der Waals surface area contributed by atoms with Gasteiger partial charge in [-0.1, -0.05) is 6.92 Å². The van der Waals surface area contributed by atoms with Crippen LogP contribution in [0.3, 0.4) is 0 Å². The highest BCUT2D eigenvalue weighted by molar-refractivity contribution is 5.91. The van der Waals surface area contributed by atoms with Gasteiger partial charge in [0.15, 0.2) is 5.76 Å². The fourth-order valence-corrected chi connectivity index (χ4v) is 1.59. The van der Waals surface area contributed by atoms with Crippen LogP contribution < -0.4 is 10.6 Å². The molecule has 1 rings (SSSR count). The fourth-order valence-electron chi connectivity index (χ4n) is 1.59. The smallest absolute Gasteiger partial charge is 0.306 e. The molecular formula is C14H20N2O5. The summed E-state index contributed by atoms with van der Waals surface area (Å²) >= 11 is 0. The number of carbonyl (C=O) groups excluding carboxylic acids is 2. The Morgan fingerprint density at radius 1 is 1.29 bits per heavy atom. The van der Waals surface area contributed by atoms with Gasteiger partial charge in [-0.25, -0.2) is 0 Å². The number of amides is 2. The van der Waals surface area contributed by atoms with Gasteiger partial charge in [-0.05, 0) is 25.0 Å². The Morgan fingerprint density at radius 2 is 2.05 bits per heavy atom. The summed E-state index contributed by atoms with van der Waals surface area (Å²) in [6.45, 7) is 2.31. The van der Waals surface area contributed by atoms with Crippen molar-refractivity contribution in [2.45, 2.75) is 26.2 Å². The van der Waals surface area contributed by atoms with Crippen molar-refractivity contribution in [3.8, 4) is 0 Å². The van der Waals surface area contributed by atoms with Crippen LogP contribution in [-0.4, -0.2) is 36.0 Å². The van der Waals surface area contributed by atoms with Crippen LogP contribution in [0.15, 0.2) is 22.8 Å². The molecule has 116 valence electrons. The molecule has 1 unspecified atom stereocenters. The molecule has 7 heteroatoms. The standard InChI is InChI=1S/C14H20N2O5/c1-10(14(19)20)6-8-15-12(17)5-2-7-16-13(18)11-4-3-9-21-11/h3-4,9-10H,2,5-8H2,1H3,(H,15,17)(H,16,18)(H,19,20). The number of nitrogens with one attached hydrogen (secondary N) is 2. The maximum absolute atomic E-state index is 11.5. The average Bonchev–Trinajstić information content (AvgIpc) is 2.97. The van der Waals surface area contributed by atoms with Gasteiger partial charge >= 0.3 is 5.97 Å². The lowest BCUT2D eigenvalue weighted by atomic mass is 10.1. The zero-order valence-electron chi connectivity index (χ0n) is 11.9. The van der Waals surface area contributed by atoms with Gasteiger partial charge in [0.05, 0.1) is 12.2 Å². The summed E-state index contributed by atoms with van der Waals surface area (Å²) < 4.78 is 4.93. The van der Waals surface area contributed by atoms with E-state index in [9.17, 15) is 14.4 Å². The summed E-state index contributed by atoms with van der Waals surface area (Å²) in [5, 5.41) is 14.0. The molecule has 2 amide bonds. The summed E-state index contributed by atoms with van der Waals surface area (Å²) in [5.41, 5.74) is 0. The maximum atomic E-state index is 11.5. The fraction of sp³-hybridized carbons (Fsp3) is 0.500. The SMILES string of the molecule is CC(CCNC(=O)CCCNC(=O)c1ccco1)C(=O)O. The van der Waals surface area contributed by atoms with E-state index in [1.807, 2.05) is 0 Å². The van der Waals surface area contributed by atoms with E-state index >= 15 is 0 Å². The molecule has 0 radical (unpaired) electrons. The lowest BCUT2D eigenvalue weighted by molar-refractivity contribution is -0.141. The first-order valence-corrected chi connectivity index (χ1v) is 6.82. The number of furan rings is 1. The van der Waals surface area contributed by atoms with Gasteiger partial charge in [0.25, 0.3) is 5.91 Å². The molecule has 1 heterocycles. The van der Waals surface area contributed by atoms with E-state index in [-0.39, 0.29) is 24.0 Å². The predicted molar refractivity (Wildman–Crippen MR) is 74.7 cm³/mol. The Bertz CT molecular complexity index is 470. The van der Waals surface area contributed by atoms with Crippen LogP contribution in [0, 0.1) is 5.92 Å². The van der Waals surface area contributed by atoms with Gasteiger partial charge in [-0.3, -0.25) is 14.4 Å². The van der Waals surface area contributed by atoms with E-state index in [1.165, 1.54) is 6.26 Å². The molecule has 1 atom stereocenters. The van der Waals surface area contributed by atoms with Gasteiger partial charge in [0.2, 0.25) is 5.91 Å². The minimum absolute atomic E-state index is 0.153. The predicted octanol–water partition coefficient (Wildman–Crippen LogP) is 1.02. The van der Waals surface area contributed by atoms with Crippen LogP contribution in [-0.2, 0) is 9.59 Å². The third kappa shape index (κ3) is 6.60. The molecule has 0 saturated heterocycles. The first kappa shape index (κ1) is 16.7. The van der Waals surface area contributed by atoms with Crippen molar-refractivity contribution in [3.05, 3.63) is 24.2 Å². The largest absolute Gasteiger partial charge is 0.481 e. The van der Waals surface area contributed by atoms with Crippen molar-refractivity contribution in [2.75, 3.05) is 13.1 Å². The highest BCUT2D eigenvalue weighted by atomic mass is 16.4. The zero-order chi connectivity index (χ0) is 15.7. The summed E-state index contributed by atoms with van der Waals surface area (Å²) in [6.07, 6.45) is 2.60. The molecule has 0 bridgehead atoms. The average molecular weight is 296 g/mol. The van der Waals surface area contributed by atoms with Crippen LogP contribution >= 0.6 is 0 Å². The summed E-state index contributed by atoms with van der Waals surface area (Å²) in [6, 6.07) is 3.19. The summed E-state index contributed by atoms with van der Waals surface area (Å²) in [7, 11) is 0. The Morgan fingerprint density at radius 3 is 2.67 bits per heavy atom. The molecular weight excluding hydrogens is 276 g/mol. The second-order valence-corrected chi connectivity index (χ2v) is 4.71. The molecule has 1 aromatic heterocycles. The van der Waals surface area contributed by atoms with E-state index in [1.54, 1.807) is 19.1 Å². The van der Waals surface area contributed by atoms with Gasteiger partial charge in [-0.15, -0.1) is 0 Å². The Balaban J connectivity index is 2.06. The molecule has 7 nitrogen and oxygen atoms in total. The molecule has 21 heavy (non-hydrogen) atoms. The number of rotatable bonds is 9. The van der Waals surface area contributed by atoms with Crippen LogP contribution in [0.25, 0.3) is 0 Å². The highest BCUT2D eigenvalue weighted by Crippen LogP contribution is 2.01. The van der Waals surface area contributed by atoms with Crippen molar-refractivity contribution in [1.82, 2.24) is 10.6 Å². The Kier molecular flexibility index (Phi) is 7.00. The Hall–Kier alpha value is -2.31. The Labute approximate surface area is 122 Å². The molecule has 0 aliphatic rings. The lowest BCUT2D eigenvalue weighted by Crippen LogP contribution is -2.29. The van der Waals surface area contributed by atoms with Crippen LogP contribution in [0.2, 0.25) is 0 Å². The first-order valence-electron chi connectivity index (χ1n) is 6.82. The number of carboxylic acids is 1. The van der Waals surface area contributed by atoms with Gasteiger partial charge < -0.3 is 20.2 Å². The number of hydrogen-bond donors (Lipinski definition) is 3. The topological polar surface area (TPSA) is 109 Å². The van der Waals surface area contributed by atoms with Crippen LogP contribution in [0.5, 0.6) is 0 Å². The molecule has 0 fully saturated rings. The van der Waals surface area contributed by atoms with E-state index in [2.05, 4.69) is 10.6 Å². The zero-order valence-corrected chi connectivity index (χ0v) is 11.9. The third-order valence-corrected chi connectivity index (χ3v) is 2.93. The number of carbonyl (C=O) groups is 3. The highest BCUT2D eigenvalue weighted by Gasteiger charge is 2.11. The second-order valence-electron chi connectivity index (χ2n) is 4.71. The molecule has 0 aliphatic carbocycles. The summed E-state index contributed by atoms with van der Waals surface area (Å²) in [4.78, 5) is 33.6. The van der Waals surface area contributed by atoms with Crippen molar-refractivity contribution < 1.29 is 23.9 Å². The van der Waals surface area contributed by atoms with Crippen LogP contribution in [0.4, 0.5) is 0 Å². The minimum Gasteiger partial charge on any atom is -0.481 e. The molecule has 0 aromatic carbocycles. The monoisotopic (exact) mass is 296 g/mol. The number of hydrogen-bond acceptors (Lipinski definition) is 4. The van der Waals surface area contributed by atoms with E-state index < -0.39 is 11.9 Å². The quantitative estimate of drug-likeness (QED) is 0.589. The van der Waals surface area contributed by atoms with Crippen molar-refractivity contribution in [1.29, 1.82) is 0 Å². The minimum atomic E-state index is -0.870. The number of aliphatic carboxylic acids is 1. The molecule has 0 saturated carbocycles. The first-order chi connectivity index (χ1) is 10.0. The third-order valence-electron chi connectivity index (χ3n) is 2.93. The van der Waals surface area contributed by atoms with Crippen molar-refractivity contribution in [2.24, 2.45) is 5.92 Å². The normalized spacial score (nSPS) is 11.7. The molecule has 1 aromatic rings. The maximum Gasteiger partial charge on any atom is 0.306 e. The van der Waals surface area contributed by atoms with Crippen LogP contribution in [0.1, 0.15) is 36.7 Å². The molecule has 0 aliphatic heterocycles. The molecule has 0 spiro atoms. The second kappa shape index (κ2) is 8.78. The van der Waals surface area contributed by atoms with E-state index in [4.69, 9.17) is 9.52 Å². The van der Waals surface area contributed by atoms with Gasteiger partial charge in [-0.2, -0.15) is 0 Å². The lowest BCUT2D eigenvalue weighted by Gasteiger charge is -2.08. The van der Waals surface area contributed by atoms with Gasteiger partial charge in [0.1, 0.15) is 0 Å². The van der Waals surface area contributed by atoms with Gasteiger partial charge in [0, 0.05) is 19.5 Å². The van der Waals surface area contributed by atoms with Crippen molar-refractivity contribution in [3.63, 3.8) is 0 Å². The van der Waals surface area contributed by atoms with Crippen molar-refractivity contribution >= 4 is 17.8 Å². The van der Waals surface area contributed by atoms with E-state index in [0.29, 0.717) is 25.9 Å². The van der Waals surface area contributed by atoms with E-state index in [0.717, 1.165) is 0 Å².